The number of aromatic amines is 1. The number of rotatable bonds is 5. The van der Waals surface area contributed by atoms with Gasteiger partial charge < -0.3 is 14.4 Å². The van der Waals surface area contributed by atoms with Crippen molar-refractivity contribution in [3.63, 3.8) is 0 Å². The van der Waals surface area contributed by atoms with Crippen LogP contribution < -0.4 is 21.0 Å². The highest BCUT2D eigenvalue weighted by atomic mass is 35.5. The number of aromatic nitrogens is 4. The zero-order chi connectivity index (χ0) is 20.5. The minimum absolute atomic E-state index is 0.373. The number of quaternary nitrogens is 1. The van der Waals surface area contributed by atoms with Crippen molar-refractivity contribution >= 4 is 28.7 Å². The Kier molecular flexibility index (Phi) is 5.47. The molecule has 4 rings (SSSR count). The number of hydrogen-bond acceptors (Lipinski definition) is 4. The molecule has 1 saturated heterocycles. The lowest BCUT2D eigenvalue weighted by Crippen LogP contribution is -3.13. The molecule has 2 N–H and O–H groups in total. The van der Waals surface area contributed by atoms with Crippen molar-refractivity contribution in [1.82, 2.24) is 19.1 Å². The van der Waals surface area contributed by atoms with Crippen LogP contribution in [-0.4, -0.2) is 45.3 Å². The fourth-order valence-electron chi connectivity index (χ4n) is 3.99. The Labute approximate surface area is 173 Å². The number of imidazole rings is 1. The number of nitrogens with zero attached hydrogens (tertiary/aromatic N) is 4. The molecule has 0 radical (unpaired) electrons. The van der Waals surface area contributed by atoms with Gasteiger partial charge in [-0.25, -0.2) is 4.79 Å². The highest BCUT2D eigenvalue weighted by molar-refractivity contribution is 6.30. The quantitative estimate of drug-likeness (QED) is 0.629. The Morgan fingerprint density at radius 1 is 1.17 bits per heavy atom. The summed E-state index contributed by atoms with van der Waals surface area (Å²) in [5.74, 6) is 0.777. The molecule has 3 heterocycles. The lowest BCUT2D eigenvalue weighted by atomic mass is 10.2. The van der Waals surface area contributed by atoms with E-state index in [2.05, 4.69) is 28.9 Å². The van der Waals surface area contributed by atoms with Gasteiger partial charge in [-0.15, -0.1) is 0 Å². The van der Waals surface area contributed by atoms with Crippen molar-refractivity contribution in [2.75, 3.05) is 31.1 Å². The fraction of sp³-hybridized carbons (Fsp3) is 0.450. The van der Waals surface area contributed by atoms with Crippen LogP contribution in [0.15, 0.2) is 33.9 Å². The minimum Gasteiger partial charge on any atom is -0.331 e. The molecule has 9 heteroatoms. The number of H-pyrrole nitrogens is 1. The summed E-state index contributed by atoms with van der Waals surface area (Å²) in [5.41, 5.74) is 1.38. The van der Waals surface area contributed by atoms with E-state index in [1.807, 2.05) is 16.7 Å². The van der Waals surface area contributed by atoms with Crippen LogP contribution in [0.3, 0.4) is 0 Å². The first-order chi connectivity index (χ1) is 14.0. The molecule has 1 fully saturated rings. The Morgan fingerprint density at radius 3 is 2.52 bits per heavy atom. The standard InChI is InChI=1S/C20H25ClN6O2/c1-3-8-27-16-17(24(2)20(29)23-18(16)28)22-19(27)26-11-9-25(10-12-26)13-14-4-6-15(21)7-5-14/h4-7H,3,8-13H2,1-2H3,(H,23,28,29)/p+1. The summed E-state index contributed by atoms with van der Waals surface area (Å²) in [7, 11) is 1.64. The summed E-state index contributed by atoms with van der Waals surface area (Å²) in [6, 6.07) is 8.02. The van der Waals surface area contributed by atoms with Gasteiger partial charge in [0, 0.05) is 24.2 Å². The van der Waals surface area contributed by atoms with Gasteiger partial charge in [-0.05, 0) is 18.6 Å². The highest BCUT2D eigenvalue weighted by Gasteiger charge is 2.26. The Morgan fingerprint density at radius 2 is 1.86 bits per heavy atom. The summed E-state index contributed by atoms with van der Waals surface area (Å²) in [6.07, 6.45) is 0.878. The van der Waals surface area contributed by atoms with Crippen LogP contribution in [0.5, 0.6) is 0 Å². The molecule has 0 spiro atoms. The number of nitrogens with one attached hydrogen (secondary N) is 2. The zero-order valence-corrected chi connectivity index (χ0v) is 17.5. The molecule has 1 aliphatic heterocycles. The van der Waals surface area contributed by atoms with Crippen LogP contribution in [0.1, 0.15) is 18.9 Å². The van der Waals surface area contributed by atoms with Crippen LogP contribution in [0, 0.1) is 0 Å². The van der Waals surface area contributed by atoms with Crippen molar-refractivity contribution in [3.05, 3.63) is 55.7 Å². The third-order valence-electron chi connectivity index (χ3n) is 5.55. The molecule has 0 bridgehead atoms. The maximum Gasteiger partial charge on any atom is 0.329 e. The molecule has 3 aromatic rings. The average molecular weight is 418 g/mol. The zero-order valence-electron chi connectivity index (χ0n) is 16.7. The number of benzene rings is 1. The summed E-state index contributed by atoms with van der Waals surface area (Å²) in [6.45, 7) is 7.37. The van der Waals surface area contributed by atoms with E-state index in [0.717, 1.165) is 50.1 Å². The van der Waals surface area contributed by atoms with E-state index in [1.54, 1.807) is 7.05 Å². The van der Waals surface area contributed by atoms with Gasteiger partial charge in [-0.3, -0.25) is 14.3 Å². The number of piperazine rings is 1. The van der Waals surface area contributed by atoms with E-state index < -0.39 is 5.69 Å². The maximum atomic E-state index is 12.5. The van der Waals surface area contributed by atoms with Gasteiger partial charge in [-0.2, -0.15) is 4.98 Å². The maximum absolute atomic E-state index is 12.5. The van der Waals surface area contributed by atoms with Crippen LogP contribution in [0.4, 0.5) is 5.95 Å². The number of halogens is 1. The minimum atomic E-state index is -0.438. The first-order valence-corrected chi connectivity index (χ1v) is 10.4. The van der Waals surface area contributed by atoms with Crippen molar-refractivity contribution < 1.29 is 4.90 Å². The van der Waals surface area contributed by atoms with Gasteiger partial charge in [0.1, 0.15) is 6.54 Å². The largest absolute Gasteiger partial charge is 0.331 e. The molecule has 2 aromatic heterocycles. The lowest BCUT2D eigenvalue weighted by molar-refractivity contribution is -0.914. The SMILES string of the molecule is CCCn1c(N2CC[NH+](Cc3ccc(Cl)cc3)CC2)nc2c1c(=O)[nH]c(=O)n2C. The Bertz CT molecular complexity index is 1120. The van der Waals surface area contributed by atoms with Gasteiger partial charge >= 0.3 is 5.69 Å². The number of fused-ring (bicyclic) bond motifs is 1. The Hall–Kier alpha value is -2.58. The second-order valence-electron chi connectivity index (χ2n) is 7.59. The van der Waals surface area contributed by atoms with Gasteiger partial charge in [0.25, 0.3) is 5.56 Å². The van der Waals surface area contributed by atoms with Crippen LogP contribution >= 0.6 is 11.6 Å². The van der Waals surface area contributed by atoms with E-state index in [9.17, 15) is 9.59 Å². The second-order valence-corrected chi connectivity index (χ2v) is 8.03. The highest BCUT2D eigenvalue weighted by Crippen LogP contribution is 2.20. The van der Waals surface area contributed by atoms with Gasteiger partial charge in [0.2, 0.25) is 5.95 Å². The Balaban J connectivity index is 1.58. The van der Waals surface area contributed by atoms with Gasteiger partial charge in [0.15, 0.2) is 11.2 Å². The summed E-state index contributed by atoms with van der Waals surface area (Å²) in [4.78, 5) is 35.3. The topological polar surface area (TPSA) is 80.4 Å². The predicted octanol–water partition coefficient (Wildman–Crippen LogP) is 0.392. The normalized spacial score (nSPS) is 15.3. The molecule has 29 heavy (non-hydrogen) atoms. The van der Waals surface area contributed by atoms with Gasteiger partial charge in [-0.1, -0.05) is 30.7 Å². The smallest absolute Gasteiger partial charge is 0.329 e. The van der Waals surface area contributed by atoms with Crippen LogP contribution in [-0.2, 0) is 20.1 Å². The summed E-state index contributed by atoms with van der Waals surface area (Å²) in [5, 5.41) is 0.757. The molecule has 1 aliphatic rings. The molecule has 8 nitrogen and oxygen atoms in total. The van der Waals surface area contributed by atoms with Gasteiger partial charge in [0.05, 0.1) is 26.2 Å². The summed E-state index contributed by atoms with van der Waals surface area (Å²) >= 11 is 5.98. The van der Waals surface area contributed by atoms with E-state index >= 15 is 0 Å². The molecule has 0 unspecified atom stereocenters. The number of anilines is 1. The third kappa shape index (κ3) is 3.82. The van der Waals surface area contributed by atoms with Crippen LogP contribution in [0.25, 0.3) is 11.2 Å². The first kappa shape index (κ1) is 19.7. The fourth-order valence-corrected chi connectivity index (χ4v) is 4.12. The van der Waals surface area contributed by atoms with E-state index in [4.69, 9.17) is 16.6 Å². The van der Waals surface area contributed by atoms with Crippen molar-refractivity contribution in [1.29, 1.82) is 0 Å². The monoisotopic (exact) mass is 417 g/mol. The molecule has 1 aromatic carbocycles. The molecular weight excluding hydrogens is 392 g/mol. The van der Waals surface area contributed by atoms with E-state index in [-0.39, 0.29) is 5.56 Å². The van der Waals surface area contributed by atoms with Crippen LogP contribution in [0.2, 0.25) is 5.02 Å². The van der Waals surface area contributed by atoms with E-state index in [1.165, 1.54) is 15.0 Å². The average Bonchev–Trinajstić information content (AvgIpc) is 3.09. The van der Waals surface area contributed by atoms with Crippen molar-refractivity contribution in [2.45, 2.75) is 26.4 Å². The van der Waals surface area contributed by atoms with Crippen molar-refractivity contribution in [3.8, 4) is 0 Å². The molecular formula is C20H26ClN6O2+. The molecule has 0 amide bonds. The predicted molar refractivity (Wildman–Crippen MR) is 114 cm³/mol. The van der Waals surface area contributed by atoms with Crippen molar-refractivity contribution in [2.24, 2.45) is 7.05 Å². The first-order valence-electron chi connectivity index (χ1n) is 10.0. The third-order valence-corrected chi connectivity index (χ3v) is 5.81. The second kappa shape index (κ2) is 8.04. The number of hydrogen-bond donors (Lipinski definition) is 2. The molecule has 0 saturated carbocycles. The molecule has 0 atom stereocenters. The summed E-state index contributed by atoms with van der Waals surface area (Å²) < 4.78 is 3.37. The molecule has 0 aliphatic carbocycles. The van der Waals surface area contributed by atoms with E-state index in [0.29, 0.717) is 17.7 Å². The number of aryl methyl sites for hydroxylation is 2. The molecule has 154 valence electrons. The lowest BCUT2D eigenvalue weighted by Gasteiger charge is -2.33.